The first-order chi connectivity index (χ1) is 12.1. The summed E-state index contributed by atoms with van der Waals surface area (Å²) in [6, 6.07) is 0. The molecule has 2 fully saturated rings. The first-order valence-corrected chi connectivity index (χ1v) is 9.37. The second-order valence-electron chi connectivity index (χ2n) is 6.67. The summed E-state index contributed by atoms with van der Waals surface area (Å²) in [5, 5.41) is 7.71. The first-order valence-electron chi connectivity index (χ1n) is 8.99. The van der Waals surface area contributed by atoms with Gasteiger partial charge < -0.3 is 15.0 Å². The molecule has 1 aromatic heterocycles. The molecule has 0 aliphatic carbocycles. The van der Waals surface area contributed by atoms with Crippen molar-refractivity contribution in [2.24, 2.45) is 5.92 Å². The Balaban J connectivity index is 1.33. The van der Waals surface area contributed by atoms with Gasteiger partial charge in [0.1, 0.15) is 6.10 Å². The van der Waals surface area contributed by atoms with E-state index in [1.54, 1.807) is 17.1 Å². The molecule has 7 nitrogen and oxygen atoms in total. The van der Waals surface area contributed by atoms with E-state index in [4.69, 9.17) is 16.3 Å². The number of piperidine rings is 1. The van der Waals surface area contributed by atoms with Gasteiger partial charge in [0.15, 0.2) is 0 Å². The summed E-state index contributed by atoms with van der Waals surface area (Å²) in [4.78, 5) is 26.4. The molecule has 25 heavy (non-hydrogen) atoms. The van der Waals surface area contributed by atoms with Crippen molar-refractivity contribution in [2.75, 3.05) is 26.2 Å². The highest BCUT2D eigenvalue weighted by atomic mass is 35.5. The third-order valence-corrected chi connectivity index (χ3v) is 5.04. The third kappa shape index (κ3) is 4.95. The maximum atomic E-state index is 12.3. The molecule has 2 aliphatic heterocycles. The molecule has 0 aromatic carbocycles. The van der Waals surface area contributed by atoms with Gasteiger partial charge in [0.2, 0.25) is 5.91 Å². The second kappa shape index (κ2) is 8.67. The van der Waals surface area contributed by atoms with Crippen molar-refractivity contribution in [1.82, 2.24) is 20.0 Å². The molecule has 1 atom stereocenters. The highest BCUT2D eigenvalue weighted by Gasteiger charge is 2.32. The van der Waals surface area contributed by atoms with Crippen LogP contribution in [0.1, 0.15) is 32.1 Å². The molecule has 0 radical (unpaired) electrons. The molecule has 1 aromatic rings. The van der Waals surface area contributed by atoms with Crippen LogP contribution < -0.4 is 5.32 Å². The highest BCUT2D eigenvalue weighted by molar-refractivity contribution is 6.30. The van der Waals surface area contributed by atoms with Gasteiger partial charge >= 0.3 is 0 Å². The van der Waals surface area contributed by atoms with E-state index in [0.717, 1.165) is 38.6 Å². The molecule has 0 saturated carbocycles. The van der Waals surface area contributed by atoms with Gasteiger partial charge in [0.05, 0.1) is 11.2 Å². The minimum absolute atomic E-state index is 0.00676. The Labute approximate surface area is 152 Å². The van der Waals surface area contributed by atoms with Crippen molar-refractivity contribution < 1.29 is 14.3 Å². The monoisotopic (exact) mass is 368 g/mol. The van der Waals surface area contributed by atoms with Gasteiger partial charge in [-0.05, 0) is 32.1 Å². The fourth-order valence-corrected chi connectivity index (χ4v) is 3.55. The van der Waals surface area contributed by atoms with E-state index in [9.17, 15) is 9.59 Å². The molecule has 2 saturated heterocycles. The predicted molar refractivity (Wildman–Crippen MR) is 93.1 cm³/mol. The molecular weight excluding hydrogens is 344 g/mol. The molecule has 2 amide bonds. The van der Waals surface area contributed by atoms with E-state index < -0.39 is 0 Å². The van der Waals surface area contributed by atoms with Crippen molar-refractivity contribution >= 4 is 23.4 Å². The number of nitrogens with zero attached hydrogens (tertiary/aromatic N) is 3. The van der Waals surface area contributed by atoms with E-state index in [1.165, 1.54) is 0 Å². The highest BCUT2D eigenvalue weighted by Crippen LogP contribution is 2.21. The fourth-order valence-electron chi connectivity index (χ4n) is 3.40. The Morgan fingerprint density at radius 2 is 2.12 bits per heavy atom. The number of carbonyl (C=O) groups is 2. The van der Waals surface area contributed by atoms with E-state index in [0.29, 0.717) is 31.3 Å². The maximum Gasteiger partial charge on any atom is 0.251 e. The van der Waals surface area contributed by atoms with Crippen LogP contribution in [-0.4, -0.2) is 58.8 Å². The van der Waals surface area contributed by atoms with Crippen molar-refractivity contribution in [3.63, 3.8) is 0 Å². The third-order valence-electron chi connectivity index (χ3n) is 4.85. The topological polar surface area (TPSA) is 76.5 Å². The van der Waals surface area contributed by atoms with Crippen LogP contribution in [0.25, 0.3) is 0 Å². The van der Waals surface area contributed by atoms with Gasteiger partial charge in [0.25, 0.3) is 5.91 Å². The zero-order valence-electron chi connectivity index (χ0n) is 14.3. The molecule has 138 valence electrons. The lowest BCUT2D eigenvalue weighted by molar-refractivity contribution is -0.143. The first kappa shape index (κ1) is 18.2. The van der Waals surface area contributed by atoms with Crippen LogP contribution >= 0.6 is 11.6 Å². The van der Waals surface area contributed by atoms with Gasteiger partial charge in [0, 0.05) is 44.9 Å². The van der Waals surface area contributed by atoms with Gasteiger partial charge in [-0.25, -0.2) is 0 Å². The lowest BCUT2D eigenvalue weighted by atomic mass is 9.95. The summed E-state index contributed by atoms with van der Waals surface area (Å²) in [5.41, 5.74) is 0. The number of carbonyl (C=O) groups excluding carboxylic acids is 2. The molecule has 0 spiro atoms. The predicted octanol–water partition coefficient (Wildman–Crippen LogP) is 1.46. The lowest BCUT2D eigenvalue weighted by Crippen LogP contribution is -2.46. The van der Waals surface area contributed by atoms with Crippen LogP contribution in [0.15, 0.2) is 12.4 Å². The zero-order valence-corrected chi connectivity index (χ0v) is 15.1. The summed E-state index contributed by atoms with van der Waals surface area (Å²) in [6.45, 7) is 3.30. The van der Waals surface area contributed by atoms with Crippen LogP contribution in [0.5, 0.6) is 0 Å². The number of halogens is 1. The van der Waals surface area contributed by atoms with Gasteiger partial charge in [-0.3, -0.25) is 14.3 Å². The molecular formula is C17H25ClN4O3. The average molecular weight is 369 g/mol. The summed E-state index contributed by atoms with van der Waals surface area (Å²) in [6.07, 6.45) is 7.13. The van der Waals surface area contributed by atoms with Gasteiger partial charge in [-0.15, -0.1) is 0 Å². The number of rotatable bonds is 6. The second-order valence-corrected chi connectivity index (χ2v) is 7.10. The molecule has 3 rings (SSSR count). The number of aryl methyl sites for hydroxylation is 1. The maximum absolute atomic E-state index is 12.3. The van der Waals surface area contributed by atoms with Crippen LogP contribution in [0.2, 0.25) is 5.02 Å². The minimum Gasteiger partial charge on any atom is -0.368 e. The molecule has 1 N–H and O–H groups in total. The quantitative estimate of drug-likeness (QED) is 0.771. The van der Waals surface area contributed by atoms with E-state index >= 15 is 0 Å². The smallest absolute Gasteiger partial charge is 0.251 e. The average Bonchev–Trinajstić information content (AvgIpc) is 3.30. The molecule has 0 bridgehead atoms. The Hall–Kier alpha value is -1.60. The summed E-state index contributed by atoms with van der Waals surface area (Å²) in [7, 11) is 0. The Bertz CT molecular complexity index is 592. The fraction of sp³-hybridized carbons (Fsp3) is 0.706. The van der Waals surface area contributed by atoms with Crippen LogP contribution in [0.3, 0.4) is 0 Å². The van der Waals surface area contributed by atoms with Crippen molar-refractivity contribution in [3.8, 4) is 0 Å². The van der Waals surface area contributed by atoms with Crippen LogP contribution in [-0.2, 0) is 20.9 Å². The number of aromatic nitrogens is 2. The normalized spacial score (nSPS) is 21.5. The summed E-state index contributed by atoms with van der Waals surface area (Å²) in [5.74, 6) is 0.171. The Kier molecular flexibility index (Phi) is 6.31. The molecule has 2 aliphatic rings. The number of likely N-dealkylation sites (tertiary alicyclic amines) is 1. The standard InChI is InChI=1S/C17H25ClN4O3/c18-14-11-20-22(12-14)7-2-6-19-16(23)13-4-8-21(9-5-13)17(24)15-3-1-10-25-15/h11-13,15H,1-10H2,(H,19,23)/t15-/m1/s1. The van der Waals surface area contributed by atoms with Crippen molar-refractivity contribution in [1.29, 1.82) is 0 Å². The zero-order chi connectivity index (χ0) is 17.6. The van der Waals surface area contributed by atoms with E-state index in [2.05, 4.69) is 10.4 Å². The SMILES string of the molecule is O=C(NCCCn1cc(Cl)cn1)C1CCN(C(=O)[C@H]2CCCO2)CC1. The largest absolute Gasteiger partial charge is 0.368 e. The Morgan fingerprint density at radius 1 is 1.32 bits per heavy atom. The molecule has 8 heteroatoms. The van der Waals surface area contributed by atoms with E-state index in [1.807, 2.05) is 4.90 Å². The summed E-state index contributed by atoms with van der Waals surface area (Å²) < 4.78 is 7.23. The van der Waals surface area contributed by atoms with Gasteiger partial charge in [-0.2, -0.15) is 5.10 Å². The number of ether oxygens (including phenoxy) is 1. The van der Waals surface area contributed by atoms with Crippen LogP contribution in [0.4, 0.5) is 0 Å². The van der Waals surface area contributed by atoms with Crippen molar-refractivity contribution in [3.05, 3.63) is 17.4 Å². The number of nitrogens with one attached hydrogen (secondary N) is 1. The molecule has 0 unspecified atom stereocenters. The minimum atomic E-state index is -0.263. The number of amides is 2. The van der Waals surface area contributed by atoms with Crippen molar-refractivity contribution in [2.45, 2.75) is 44.8 Å². The Morgan fingerprint density at radius 3 is 2.76 bits per heavy atom. The van der Waals surface area contributed by atoms with Crippen LogP contribution in [0, 0.1) is 5.92 Å². The van der Waals surface area contributed by atoms with E-state index in [-0.39, 0.29) is 23.8 Å². The number of hydrogen-bond acceptors (Lipinski definition) is 4. The van der Waals surface area contributed by atoms with Gasteiger partial charge in [-0.1, -0.05) is 11.6 Å². The summed E-state index contributed by atoms with van der Waals surface area (Å²) >= 11 is 5.81. The lowest BCUT2D eigenvalue weighted by Gasteiger charge is -2.32. The molecule has 3 heterocycles. The number of hydrogen-bond donors (Lipinski definition) is 1.